The summed E-state index contributed by atoms with van der Waals surface area (Å²) in [6.45, 7) is 4.14. The fourth-order valence-electron chi connectivity index (χ4n) is 3.40. The molecular formula is C22H19ClN4O3. The molecule has 0 unspecified atom stereocenters. The number of allylic oxidation sites excluding steroid dienone is 1. The molecule has 8 heteroatoms. The van der Waals surface area contributed by atoms with Crippen molar-refractivity contribution in [3.63, 3.8) is 0 Å². The highest BCUT2D eigenvalue weighted by Crippen LogP contribution is 2.19. The smallest absolute Gasteiger partial charge is 0.337 e. The van der Waals surface area contributed by atoms with Gasteiger partial charge in [0.1, 0.15) is 5.75 Å². The van der Waals surface area contributed by atoms with Crippen molar-refractivity contribution in [2.24, 2.45) is 0 Å². The van der Waals surface area contributed by atoms with Gasteiger partial charge < -0.3 is 9.30 Å². The highest BCUT2D eigenvalue weighted by Gasteiger charge is 2.19. The molecule has 0 aliphatic heterocycles. The van der Waals surface area contributed by atoms with Gasteiger partial charge in [0.25, 0.3) is 5.56 Å². The molecule has 0 amide bonds. The minimum Gasteiger partial charge on any atom is -0.497 e. The van der Waals surface area contributed by atoms with Crippen LogP contribution in [0.25, 0.3) is 16.9 Å². The van der Waals surface area contributed by atoms with E-state index in [1.54, 1.807) is 48.3 Å². The number of imidazole rings is 1. The molecule has 2 aromatic heterocycles. The Hall–Kier alpha value is -3.58. The Morgan fingerprint density at radius 1 is 1.17 bits per heavy atom. The molecule has 7 nitrogen and oxygen atoms in total. The number of benzene rings is 2. The van der Waals surface area contributed by atoms with Crippen LogP contribution in [0, 0.1) is 0 Å². The highest BCUT2D eigenvalue weighted by atomic mass is 35.5. The monoisotopic (exact) mass is 422 g/mol. The number of rotatable bonds is 6. The standard InChI is InChI=1S/C22H19ClN4O3/c1-3-10-26-21(28)19-20(24-14-25(19)13-15-6-4-7-16(23)11-15)27(22(26)29)17-8-5-9-18(12-17)30-2/h3-9,11-12,14H,1,10,13H2,2H3. The minimum atomic E-state index is -0.492. The molecule has 0 radical (unpaired) electrons. The Balaban J connectivity index is 2.00. The maximum atomic E-state index is 13.2. The van der Waals surface area contributed by atoms with Crippen molar-refractivity contribution < 1.29 is 4.74 Å². The second-order valence-electron chi connectivity index (χ2n) is 6.70. The number of nitrogens with zero attached hydrogens (tertiary/aromatic N) is 4. The van der Waals surface area contributed by atoms with E-state index in [1.807, 2.05) is 18.2 Å². The van der Waals surface area contributed by atoms with E-state index in [2.05, 4.69) is 11.6 Å². The van der Waals surface area contributed by atoms with Crippen molar-refractivity contribution in [2.75, 3.05) is 7.11 Å². The summed E-state index contributed by atoms with van der Waals surface area (Å²) in [5, 5.41) is 0.606. The van der Waals surface area contributed by atoms with Crippen molar-refractivity contribution in [1.82, 2.24) is 18.7 Å². The van der Waals surface area contributed by atoms with E-state index in [-0.39, 0.29) is 12.2 Å². The van der Waals surface area contributed by atoms with Crippen molar-refractivity contribution >= 4 is 22.8 Å². The molecule has 2 aromatic carbocycles. The summed E-state index contributed by atoms with van der Waals surface area (Å²) < 4.78 is 9.57. The number of aromatic nitrogens is 4. The van der Waals surface area contributed by atoms with Crippen LogP contribution in [-0.4, -0.2) is 25.8 Å². The third-order valence-electron chi connectivity index (χ3n) is 4.77. The number of methoxy groups -OCH3 is 1. The molecule has 30 heavy (non-hydrogen) atoms. The summed E-state index contributed by atoms with van der Waals surface area (Å²) >= 11 is 6.10. The Labute approximate surface area is 177 Å². The predicted molar refractivity (Wildman–Crippen MR) is 117 cm³/mol. The largest absolute Gasteiger partial charge is 0.497 e. The molecular weight excluding hydrogens is 404 g/mol. The lowest BCUT2D eigenvalue weighted by molar-refractivity contribution is 0.414. The van der Waals surface area contributed by atoms with Gasteiger partial charge in [-0.15, -0.1) is 6.58 Å². The summed E-state index contributed by atoms with van der Waals surface area (Å²) in [7, 11) is 1.55. The molecule has 0 N–H and O–H groups in total. The number of fused-ring (bicyclic) bond motifs is 1. The lowest BCUT2D eigenvalue weighted by Gasteiger charge is -2.12. The van der Waals surface area contributed by atoms with Gasteiger partial charge in [0.15, 0.2) is 11.2 Å². The fraction of sp³-hybridized carbons (Fsp3) is 0.136. The Morgan fingerprint density at radius 3 is 2.70 bits per heavy atom. The van der Waals surface area contributed by atoms with Gasteiger partial charge in [0.2, 0.25) is 0 Å². The first kappa shape index (κ1) is 19.7. The Morgan fingerprint density at radius 2 is 1.97 bits per heavy atom. The molecule has 0 bridgehead atoms. The van der Waals surface area contributed by atoms with Gasteiger partial charge in [-0.25, -0.2) is 14.3 Å². The summed E-state index contributed by atoms with van der Waals surface area (Å²) in [4.78, 5) is 30.8. The summed E-state index contributed by atoms with van der Waals surface area (Å²) in [6, 6.07) is 14.4. The van der Waals surface area contributed by atoms with Gasteiger partial charge in [-0.2, -0.15) is 0 Å². The normalized spacial score (nSPS) is 11.0. The van der Waals surface area contributed by atoms with E-state index in [0.717, 1.165) is 10.1 Å². The maximum absolute atomic E-state index is 13.2. The summed E-state index contributed by atoms with van der Waals surface area (Å²) in [5.74, 6) is 0.590. The first-order valence-electron chi connectivity index (χ1n) is 9.24. The molecule has 152 valence electrons. The second kappa shape index (κ2) is 8.04. The quantitative estimate of drug-likeness (QED) is 0.447. The molecule has 4 rings (SSSR count). The first-order valence-corrected chi connectivity index (χ1v) is 9.61. The van der Waals surface area contributed by atoms with Crippen LogP contribution >= 0.6 is 11.6 Å². The van der Waals surface area contributed by atoms with Gasteiger partial charge in [0, 0.05) is 24.2 Å². The summed E-state index contributed by atoms with van der Waals surface area (Å²) in [5.41, 5.74) is 1.15. The number of ether oxygens (including phenoxy) is 1. The molecule has 0 saturated heterocycles. The molecule has 0 atom stereocenters. The van der Waals surface area contributed by atoms with Crippen LogP contribution < -0.4 is 16.0 Å². The van der Waals surface area contributed by atoms with E-state index in [0.29, 0.717) is 28.5 Å². The molecule has 0 saturated carbocycles. The second-order valence-corrected chi connectivity index (χ2v) is 7.13. The van der Waals surface area contributed by atoms with E-state index in [4.69, 9.17) is 16.3 Å². The van der Waals surface area contributed by atoms with E-state index >= 15 is 0 Å². The first-order chi connectivity index (χ1) is 14.5. The molecule has 4 aromatic rings. The zero-order valence-corrected chi connectivity index (χ0v) is 17.0. The van der Waals surface area contributed by atoms with E-state index < -0.39 is 11.2 Å². The van der Waals surface area contributed by atoms with Crippen LogP contribution in [0.3, 0.4) is 0 Å². The lowest BCUT2D eigenvalue weighted by atomic mass is 10.2. The van der Waals surface area contributed by atoms with Gasteiger partial charge >= 0.3 is 5.69 Å². The van der Waals surface area contributed by atoms with E-state index in [9.17, 15) is 9.59 Å². The average molecular weight is 423 g/mol. The number of halogens is 1. The SMILES string of the molecule is C=CCn1c(=O)c2c(ncn2Cc2cccc(Cl)c2)n(-c2cccc(OC)c2)c1=O. The van der Waals surface area contributed by atoms with Crippen molar-refractivity contribution in [3.8, 4) is 11.4 Å². The third-order valence-corrected chi connectivity index (χ3v) is 5.00. The van der Waals surface area contributed by atoms with Crippen LogP contribution in [0.5, 0.6) is 5.75 Å². The zero-order chi connectivity index (χ0) is 21.3. The van der Waals surface area contributed by atoms with Gasteiger partial charge in [-0.05, 0) is 29.8 Å². The van der Waals surface area contributed by atoms with Crippen molar-refractivity contribution in [1.29, 1.82) is 0 Å². The molecule has 0 aliphatic rings. The third kappa shape index (κ3) is 3.44. The average Bonchev–Trinajstić information content (AvgIpc) is 3.14. The topological polar surface area (TPSA) is 71.1 Å². The number of hydrogen-bond donors (Lipinski definition) is 0. The molecule has 2 heterocycles. The van der Waals surface area contributed by atoms with Gasteiger partial charge in [-0.1, -0.05) is 35.9 Å². The van der Waals surface area contributed by atoms with Crippen LogP contribution in [0.1, 0.15) is 5.56 Å². The van der Waals surface area contributed by atoms with Crippen molar-refractivity contribution in [3.05, 3.63) is 98.9 Å². The van der Waals surface area contributed by atoms with E-state index in [1.165, 1.54) is 10.6 Å². The van der Waals surface area contributed by atoms with Crippen LogP contribution in [0.15, 0.2) is 77.1 Å². The van der Waals surface area contributed by atoms with Crippen molar-refractivity contribution in [2.45, 2.75) is 13.1 Å². The zero-order valence-electron chi connectivity index (χ0n) is 16.3. The molecule has 0 aliphatic carbocycles. The van der Waals surface area contributed by atoms with Crippen LogP contribution in [-0.2, 0) is 13.1 Å². The molecule has 0 spiro atoms. The minimum absolute atomic E-state index is 0.0833. The predicted octanol–water partition coefficient (Wildman–Crippen LogP) is 3.25. The van der Waals surface area contributed by atoms with Crippen LogP contribution in [0.2, 0.25) is 5.02 Å². The van der Waals surface area contributed by atoms with Gasteiger partial charge in [0.05, 0.1) is 19.1 Å². The highest BCUT2D eigenvalue weighted by molar-refractivity contribution is 6.30. The summed E-state index contributed by atoms with van der Waals surface area (Å²) in [6.07, 6.45) is 3.07. The Kier molecular flexibility index (Phi) is 5.29. The fourth-order valence-corrected chi connectivity index (χ4v) is 3.62. The maximum Gasteiger partial charge on any atom is 0.337 e. The Bertz CT molecular complexity index is 1370. The number of hydrogen-bond acceptors (Lipinski definition) is 4. The lowest BCUT2D eigenvalue weighted by Crippen LogP contribution is -2.39. The van der Waals surface area contributed by atoms with Gasteiger partial charge in [-0.3, -0.25) is 9.36 Å². The molecule has 0 fully saturated rings. The van der Waals surface area contributed by atoms with Crippen LogP contribution in [0.4, 0.5) is 0 Å².